The van der Waals surface area contributed by atoms with Gasteiger partial charge >= 0.3 is 6.18 Å². The summed E-state index contributed by atoms with van der Waals surface area (Å²) in [6, 6.07) is 2.86. The molecule has 2 N–H and O–H groups in total. The standard InChI is InChI=1S/C11H13BrF3NO3S/c12-8-3-4-10(9(7-8)11(13,14)15)20(18,19)16-5-1-2-6-17/h3-4,7,16-17H,1-2,5-6H2. The van der Waals surface area contributed by atoms with E-state index < -0.39 is 26.7 Å². The highest BCUT2D eigenvalue weighted by Gasteiger charge is 2.37. The zero-order chi connectivity index (χ0) is 15.4. The molecule has 0 unspecified atom stereocenters. The molecule has 114 valence electrons. The lowest BCUT2D eigenvalue weighted by Gasteiger charge is -2.14. The van der Waals surface area contributed by atoms with Crippen LogP contribution in [0, 0.1) is 0 Å². The molecule has 0 radical (unpaired) electrons. The number of rotatable bonds is 6. The Labute approximate surface area is 123 Å². The maximum absolute atomic E-state index is 12.9. The number of nitrogens with one attached hydrogen (secondary N) is 1. The molecule has 0 saturated heterocycles. The zero-order valence-corrected chi connectivity index (χ0v) is 12.6. The summed E-state index contributed by atoms with van der Waals surface area (Å²) in [5.74, 6) is 0. The predicted octanol–water partition coefficient (Wildman–Crippen LogP) is 2.52. The van der Waals surface area contributed by atoms with E-state index in [2.05, 4.69) is 20.7 Å². The summed E-state index contributed by atoms with van der Waals surface area (Å²) in [5.41, 5.74) is -1.22. The van der Waals surface area contributed by atoms with Crippen LogP contribution in [0.15, 0.2) is 27.6 Å². The van der Waals surface area contributed by atoms with Gasteiger partial charge in [0, 0.05) is 17.6 Å². The van der Waals surface area contributed by atoms with Crippen LogP contribution >= 0.6 is 15.9 Å². The van der Waals surface area contributed by atoms with Crippen molar-refractivity contribution in [2.75, 3.05) is 13.2 Å². The third-order valence-corrected chi connectivity index (χ3v) is 4.43. The van der Waals surface area contributed by atoms with Crippen molar-refractivity contribution in [2.24, 2.45) is 0 Å². The minimum atomic E-state index is -4.76. The van der Waals surface area contributed by atoms with Crippen molar-refractivity contribution in [3.8, 4) is 0 Å². The quantitative estimate of drug-likeness (QED) is 0.750. The third kappa shape index (κ3) is 4.72. The first-order valence-corrected chi connectivity index (χ1v) is 7.93. The summed E-state index contributed by atoms with van der Waals surface area (Å²) in [5, 5.41) is 8.56. The summed E-state index contributed by atoms with van der Waals surface area (Å²) in [6.45, 7) is -0.135. The number of aliphatic hydroxyl groups is 1. The topological polar surface area (TPSA) is 66.4 Å². The second-order valence-electron chi connectivity index (χ2n) is 3.97. The number of hydrogen-bond donors (Lipinski definition) is 2. The normalized spacial score (nSPS) is 12.7. The van der Waals surface area contributed by atoms with Crippen molar-refractivity contribution in [1.29, 1.82) is 0 Å². The lowest BCUT2D eigenvalue weighted by Crippen LogP contribution is -2.27. The molecular weight excluding hydrogens is 363 g/mol. The molecular formula is C11H13BrF3NO3S. The number of aliphatic hydroxyl groups excluding tert-OH is 1. The number of sulfonamides is 1. The van der Waals surface area contributed by atoms with Gasteiger partial charge in [0.15, 0.2) is 0 Å². The average molecular weight is 376 g/mol. The van der Waals surface area contributed by atoms with E-state index in [9.17, 15) is 21.6 Å². The summed E-state index contributed by atoms with van der Waals surface area (Å²) >= 11 is 2.89. The fourth-order valence-electron chi connectivity index (χ4n) is 1.48. The van der Waals surface area contributed by atoms with E-state index in [0.29, 0.717) is 12.8 Å². The summed E-state index contributed by atoms with van der Waals surface area (Å²) in [4.78, 5) is -0.808. The van der Waals surface area contributed by atoms with Gasteiger partial charge < -0.3 is 5.11 Å². The van der Waals surface area contributed by atoms with Gasteiger partial charge in [0.2, 0.25) is 10.0 Å². The Kier molecular flexibility index (Phi) is 5.99. The molecule has 0 spiro atoms. The molecule has 0 aliphatic rings. The SMILES string of the molecule is O=S(=O)(NCCCCO)c1ccc(Br)cc1C(F)(F)F. The van der Waals surface area contributed by atoms with Crippen molar-refractivity contribution in [3.63, 3.8) is 0 Å². The van der Waals surface area contributed by atoms with E-state index in [1.807, 2.05) is 0 Å². The highest BCUT2D eigenvalue weighted by molar-refractivity contribution is 9.10. The van der Waals surface area contributed by atoms with Crippen LogP contribution in [0.4, 0.5) is 13.2 Å². The fraction of sp³-hybridized carbons (Fsp3) is 0.455. The predicted molar refractivity (Wildman–Crippen MR) is 70.7 cm³/mol. The largest absolute Gasteiger partial charge is 0.417 e. The second kappa shape index (κ2) is 6.88. The number of unbranched alkanes of at least 4 members (excludes halogenated alkanes) is 1. The van der Waals surface area contributed by atoms with Crippen LogP contribution in [0.5, 0.6) is 0 Å². The molecule has 1 rings (SSSR count). The van der Waals surface area contributed by atoms with Gasteiger partial charge in [-0.1, -0.05) is 15.9 Å². The van der Waals surface area contributed by atoms with Gasteiger partial charge in [0.05, 0.1) is 10.5 Å². The Morgan fingerprint density at radius 2 is 1.90 bits per heavy atom. The van der Waals surface area contributed by atoms with Gasteiger partial charge in [-0.05, 0) is 31.0 Å². The average Bonchev–Trinajstić information content (AvgIpc) is 2.33. The smallest absolute Gasteiger partial charge is 0.396 e. The highest BCUT2D eigenvalue weighted by Crippen LogP contribution is 2.35. The molecule has 0 fully saturated rings. The van der Waals surface area contributed by atoms with Crippen LogP contribution in [0.25, 0.3) is 0 Å². The van der Waals surface area contributed by atoms with Crippen LogP contribution in [0.1, 0.15) is 18.4 Å². The van der Waals surface area contributed by atoms with Gasteiger partial charge in [-0.3, -0.25) is 0 Å². The molecule has 0 atom stereocenters. The summed E-state index contributed by atoms with van der Waals surface area (Å²) in [7, 11) is -4.24. The summed E-state index contributed by atoms with van der Waals surface area (Å²) < 4.78 is 64.6. The summed E-state index contributed by atoms with van der Waals surface area (Å²) in [6.07, 6.45) is -4.05. The molecule has 0 bridgehead atoms. The molecule has 0 saturated carbocycles. The Bertz CT molecular complexity index is 561. The number of benzene rings is 1. The molecule has 0 aliphatic carbocycles. The molecule has 0 heterocycles. The first-order chi connectivity index (χ1) is 9.18. The Hall–Kier alpha value is -0.640. The van der Waals surface area contributed by atoms with Crippen molar-refractivity contribution in [2.45, 2.75) is 23.9 Å². The van der Waals surface area contributed by atoms with Gasteiger partial charge in [-0.25, -0.2) is 13.1 Å². The van der Waals surface area contributed by atoms with E-state index in [1.54, 1.807) is 0 Å². The zero-order valence-electron chi connectivity index (χ0n) is 10.2. The molecule has 0 aromatic heterocycles. The second-order valence-corrected chi connectivity index (χ2v) is 6.62. The van der Waals surface area contributed by atoms with E-state index in [-0.39, 0.29) is 17.6 Å². The van der Waals surface area contributed by atoms with Crippen LogP contribution in [-0.2, 0) is 16.2 Å². The van der Waals surface area contributed by atoms with Crippen LogP contribution in [0.3, 0.4) is 0 Å². The minimum absolute atomic E-state index is 0.0315. The van der Waals surface area contributed by atoms with Gasteiger partial charge in [-0.15, -0.1) is 0 Å². The van der Waals surface area contributed by atoms with Crippen molar-refractivity contribution < 1.29 is 26.7 Å². The van der Waals surface area contributed by atoms with E-state index in [0.717, 1.165) is 12.1 Å². The van der Waals surface area contributed by atoms with E-state index >= 15 is 0 Å². The molecule has 9 heteroatoms. The fourth-order valence-corrected chi connectivity index (χ4v) is 3.12. The lowest BCUT2D eigenvalue weighted by atomic mass is 10.2. The number of alkyl halides is 3. The Morgan fingerprint density at radius 3 is 2.45 bits per heavy atom. The first-order valence-electron chi connectivity index (χ1n) is 5.66. The monoisotopic (exact) mass is 375 g/mol. The lowest BCUT2D eigenvalue weighted by molar-refractivity contribution is -0.139. The third-order valence-electron chi connectivity index (χ3n) is 2.41. The molecule has 20 heavy (non-hydrogen) atoms. The van der Waals surface area contributed by atoms with Crippen molar-refractivity contribution in [3.05, 3.63) is 28.2 Å². The van der Waals surface area contributed by atoms with Crippen molar-refractivity contribution >= 4 is 26.0 Å². The van der Waals surface area contributed by atoms with Gasteiger partial charge in [-0.2, -0.15) is 13.2 Å². The molecule has 4 nitrogen and oxygen atoms in total. The molecule has 0 aliphatic heterocycles. The number of halogens is 4. The van der Waals surface area contributed by atoms with E-state index in [1.165, 1.54) is 6.07 Å². The van der Waals surface area contributed by atoms with Crippen LogP contribution < -0.4 is 4.72 Å². The molecule has 1 aromatic carbocycles. The maximum atomic E-state index is 12.9. The number of hydrogen-bond acceptors (Lipinski definition) is 3. The molecule has 1 aromatic rings. The van der Waals surface area contributed by atoms with Crippen LogP contribution in [-0.4, -0.2) is 26.7 Å². The van der Waals surface area contributed by atoms with Gasteiger partial charge in [0.25, 0.3) is 0 Å². The highest BCUT2D eigenvalue weighted by atomic mass is 79.9. The van der Waals surface area contributed by atoms with E-state index in [4.69, 9.17) is 5.11 Å². The Morgan fingerprint density at radius 1 is 1.25 bits per heavy atom. The molecule has 0 amide bonds. The maximum Gasteiger partial charge on any atom is 0.417 e. The Balaban J connectivity index is 3.06. The van der Waals surface area contributed by atoms with Crippen molar-refractivity contribution in [1.82, 2.24) is 4.72 Å². The van der Waals surface area contributed by atoms with Crippen LogP contribution in [0.2, 0.25) is 0 Å². The first kappa shape index (κ1) is 17.4. The minimum Gasteiger partial charge on any atom is -0.396 e. The van der Waals surface area contributed by atoms with Gasteiger partial charge in [0.1, 0.15) is 0 Å².